The van der Waals surface area contributed by atoms with E-state index in [1.54, 1.807) is 0 Å². The minimum atomic E-state index is 0.109. The molecular formula is C17H15IN2O. The van der Waals surface area contributed by atoms with Crippen LogP contribution in [0.3, 0.4) is 0 Å². The van der Waals surface area contributed by atoms with E-state index in [1.165, 1.54) is 0 Å². The summed E-state index contributed by atoms with van der Waals surface area (Å²) in [7, 11) is 0. The Labute approximate surface area is 137 Å². The number of carbonyl (C=O) groups is 1. The minimum absolute atomic E-state index is 0.109. The number of hydrogen-bond donors (Lipinski definition) is 0. The van der Waals surface area contributed by atoms with Gasteiger partial charge in [-0.1, -0.05) is 30.3 Å². The Morgan fingerprint density at radius 2 is 1.86 bits per heavy atom. The average Bonchev–Trinajstić information content (AvgIpc) is 2.86. The lowest BCUT2D eigenvalue weighted by Gasteiger charge is -2.00. The maximum Gasteiger partial charge on any atom is 0.168 e. The first-order valence-corrected chi connectivity index (χ1v) is 8.00. The zero-order valence-corrected chi connectivity index (χ0v) is 13.9. The van der Waals surface area contributed by atoms with Gasteiger partial charge in [-0.25, -0.2) is 0 Å². The lowest BCUT2D eigenvalue weighted by molar-refractivity contribution is 0.0992. The third-order valence-electron chi connectivity index (χ3n) is 3.53. The fourth-order valence-corrected chi connectivity index (χ4v) is 2.82. The van der Waals surface area contributed by atoms with Crippen molar-refractivity contribution in [2.24, 2.45) is 0 Å². The van der Waals surface area contributed by atoms with E-state index in [0.29, 0.717) is 6.42 Å². The molecule has 0 aliphatic heterocycles. The van der Waals surface area contributed by atoms with Crippen molar-refractivity contribution >= 4 is 39.3 Å². The van der Waals surface area contributed by atoms with Gasteiger partial charge in [0.05, 0.1) is 17.6 Å². The Balaban J connectivity index is 1.94. The van der Waals surface area contributed by atoms with E-state index in [-0.39, 0.29) is 5.78 Å². The van der Waals surface area contributed by atoms with Gasteiger partial charge in [-0.2, -0.15) is 5.10 Å². The maximum absolute atomic E-state index is 12.4. The van der Waals surface area contributed by atoms with Crippen molar-refractivity contribution in [1.29, 1.82) is 0 Å². The molecule has 0 saturated heterocycles. The molecule has 1 aromatic heterocycles. The first-order chi connectivity index (χ1) is 10.2. The van der Waals surface area contributed by atoms with E-state index in [4.69, 9.17) is 0 Å². The molecule has 0 fully saturated rings. The van der Waals surface area contributed by atoms with Gasteiger partial charge in [0.2, 0.25) is 0 Å². The van der Waals surface area contributed by atoms with E-state index >= 15 is 0 Å². The first-order valence-electron chi connectivity index (χ1n) is 6.92. The molecule has 106 valence electrons. The summed E-state index contributed by atoms with van der Waals surface area (Å²) in [5, 5.41) is 5.65. The Hall–Kier alpha value is -1.69. The van der Waals surface area contributed by atoms with Gasteiger partial charge in [0, 0.05) is 21.1 Å². The molecule has 0 amide bonds. The van der Waals surface area contributed by atoms with Crippen LogP contribution in [0, 0.1) is 3.57 Å². The van der Waals surface area contributed by atoms with Gasteiger partial charge >= 0.3 is 0 Å². The molecule has 0 N–H and O–H groups in total. The molecule has 2 aromatic carbocycles. The summed E-state index contributed by atoms with van der Waals surface area (Å²) in [6.45, 7) is 2.86. The molecule has 3 rings (SSSR count). The molecular weight excluding hydrogens is 375 g/mol. The Morgan fingerprint density at radius 1 is 1.14 bits per heavy atom. The third-order valence-corrected chi connectivity index (χ3v) is 4.25. The van der Waals surface area contributed by atoms with Crippen LogP contribution in [0.15, 0.2) is 48.5 Å². The molecule has 0 atom stereocenters. The summed E-state index contributed by atoms with van der Waals surface area (Å²) < 4.78 is 3.08. The van der Waals surface area contributed by atoms with Crippen molar-refractivity contribution in [3.05, 3.63) is 63.4 Å². The predicted octanol–water partition coefficient (Wildman–Crippen LogP) is 4.09. The fourth-order valence-electron chi connectivity index (χ4n) is 2.46. The summed E-state index contributed by atoms with van der Waals surface area (Å²) in [4.78, 5) is 12.4. The lowest BCUT2D eigenvalue weighted by Crippen LogP contribution is -2.05. The van der Waals surface area contributed by atoms with Gasteiger partial charge in [-0.3, -0.25) is 9.48 Å². The number of fused-ring (bicyclic) bond motifs is 1. The quantitative estimate of drug-likeness (QED) is 0.497. The van der Waals surface area contributed by atoms with Crippen LogP contribution < -0.4 is 0 Å². The molecule has 0 spiro atoms. The summed E-state index contributed by atoms with van der Waals surface area (Å²) in [6.07, 6.45) is 0.341. The summed E-state index contributed by atoms with van der Waals surface area (Å²) in [5.74, 6) is 0.109. The first kappa shape index (κ1) is 14.3. The van der Waals surface area contributed by atoms with E-state index < -0.39 is 0 Å². The second kappa shape index (κ2) is 5.97. The number of nitrogens with zero attached hydrogens (tertiary/aromatic N) is 2. The number of rotatable bonds is 4. The van der Waals surface area contributed by atoms with Gasteiger partial charge in [0.25, 0.3) is 0 Å². The van der Waals surface area contributed by atoms with Gasteiger partial charge in [0.1, 0.15) is 0 Å². The van der Waals surface area contributed by atoms with E-state index in [9.17, 15) is 4.79 Å². The van der Waals surface area contributed by atoms with Crippen molar-refractivity contribution in [3.8, 4) is 0 Å². The number of halogens is 1. The van der Waals surface area contributed by atoms with Gasteiger partial charge < -0.3 is 0 Å². The van der Waals surface area contributed by atoms with Crippen molar-refractivity contribution in [2.45, 2.75) is 19.9 Å². The Morgan fingerprint density at radius 3 is 2.57 bits per heavy atom. The molecule has 0 aliphatic rings. The number of aromatic nitrogens is 2. The standard InChI is InChI=1S/C17H15IN2O/c1-2-20-16-6-4-3-5-14(16)15(19-20)11-17(21)12-7-9-13(18)10-8-12/h3-10H,2,11H2,1H3. The summed E-state index contributed by atoms with van der Waals surface area (Å²) in [6, 6.07) is 15.7. The highest BCUT2D eigenvalue weighted by Gasteiger charge is 2.14. The van der Waals surface area contributed by atoms with Crippen LogP contribution >= 0.6 is 22.6 Å². The van der Waals surface area contributed by atoms with Gasteiger partial charge in [0.15, 0.2) is 5.78 Å². The highest BCUT2D eigenvalue weighted by Crippen LogP contribution is 2.20. The number of hydrogen-bond acceptors (Lipinski definition) is 2. The highest BCUT2D eigenvalue weighted by molar-refractivity contribution is 14.1. The van der Waals surface area contributed by atoms with Crippen LogP contribution in [0.25, 0.3) is 10.9 Å². The Kier molecular flexibility index (Phi) is 4.05. The van der Waals surface area contributed by atoms with Crippen molar-refractivity contribution in [2.75, 3.05) is 0 Å². The largest absolute Gasteiger partial charge is 0.294 e. The molecule has 4 heteroatoms. The van der Waals surface area contributed by atoms with Crippen molar-refractivity contribution < 1.29 is 4.79 Å². The fraction of sp³-hybridized carbons (Fsp3) is 0.176. The number of Topliss-reactive ketones (excluding diaryl/α,β-unsaturated/α-hetero) is 1. The zero-order valence-electron chi connectivity index (χ0n) is 11.7. The summed E-state index contributed by atoms with van der Waals surface area (Å²) in [5.41, 5.74) is 2.69. The molecule has 0 unspecified atom stereocenters. The number of benzene rings is 2. The van der Waals surface area contributed by atoms with Crippen molar-refractivity contribution in [1.82, 2.24) is 9.78 Å². The molecule has 3 nitrogen and oxygen atoms in total. The van der Waals surface area contributed by atoms with Crippen LogP contribution in [0.5, 0.6) is 0 Å². The zero-order chi connectivity index (χ0) is 14.8. The monoisotopic (exact) mass is 390 g/mol. The van der Waals surface area contributed by atoms with E-state index in [0.717, 1.165) is 32.3 Å². The van der Waals surface area contributed by atoms with Crippen LogP contribution in [-0.2, 0) is 13.0 Å². The van der Waals surface area contributed by atoms with E-state index in [2.05, 4.69) is 34.6 Å². The predicted molar refractivity (Wildman–Crippen MR) is 92.6 cm³/mol. The Bertz CT molecular complexity index is 790. The average molecular weight is 390 g/mol. The minimum Gasteiger partial charge on any atom is -0.294 e. The van der Waals surface area contributed by atoms with E-state index in [1.807, 2.05) is 53.2 Å². The van der Waals surface area contributed by atoms with Crippen LogP contribution in [0.4, 0.5) is 0 Å². The smallest absolute Gasteiger partial charge is 0.168 e. The number of ketones is 1. The van der Waals surface area contributed by atoms with Gasteiger partial charge in [-0.15, -0.1) is 0 Å². The summed E-state index contributed by atoms with van der Waals surface area (Å²) >= 11 is 2.24. The lowest BCUT2D eigenvalue weighted by atomic mass is 10.0. The number of aryl methyl sites for hydroxylation is 1. The van der Waals surface area contributed by atoms with Crippen LogP contribution in [-0.4, -0.2) is 15.6 Å². The molecule has 0 radical (unpaired) electrons. The third kappa shape index (κ3) is 2.85. The SMILES string of the molecule is CCn1nc(CC(=O)c2ccc(I)cc2)c2ccccc21. The number of carbonyl (C=O) groups excluding carboxylic acids is 1. The maximum atomic E-state index is 12.4. The number of para-hydroxylation sites is 1. The molecule has 21 heavy (non-hydrogen) atoms. The highest BCUT2D eigenvalue weighted by atomic mass is 127. The van der Waals surface area contributed by atoms with Crippen molar-refractivity contribution in [3.63, 3.8) is 0 Å². The second-order valence-corrected chi connectivity index (χ2v) is 6.13. The van der Waals surface area contributed by atoms with Gasteiger partial charge in [-0.05, 0) is 47.7 Å². The second-order valence-electron chi connectivity index (χ2n) is 4.89. The molecule has 3 aromatic rings. The van der Waals surface area contributed by atoms with Crippen LogP contribution in [0.2, 0.25) is 0 Å². The topological polar surface area (TPSA) is 34.9 Å². The normalized spacial score (nSPS) is 11.0. The molecule has 0 aliphatic carbocycles. The molecule has 1 heterocycles. The molecule has 0 bridgehead atoms. The van der Waals surface area contributed by atoms with Crippen LogP contribution in [0.1, 0.15) is 23.0 Å². The molecule has 0 saturated carbocycles.